The number of rotatable bonds is 10. The molecule has 5 heteroatoms. The van der Waals surface area contributed by atoms with E-state index in [1.807, 2.05) is 6.20 Å². The van der Waals surface area contributed by atoms with E-state index in [-0.39, 0.29) is 44.1 Å². The number of nitrogens with zero attached hydrogens (tertiary/aromatic N) is 3. The zero-order valence-corrected chi connectivity index (χ0v) is 40.0. The molecule has 62 heavy (non-hydrogen) atoms. The van der Waals surface area contributed by atoms with Gasteiger partial charge in [0.2, 0.25) is 0 Å². The van der Waals surface area contributed by atoms with Crippen molar-refractivity contribution in [3.8, 4) is 67.5 Å². The van der Waals surface area contributed by atoms with Gasteiger partial charge in [0.05, 0.1) is 16.6 Å². The second-order valence-corrected chi connectivity index (χ2v) is 18.8. The maximum Gasteiger partial charge on any atom is 0.148 e. The molecule has 0 fully saturated rings. The van der Waals surface area contributed by atoms with Crippen LogP contribution in [-0.4, -0.2) is 19.6 Å². The Hall–Kier alpha value is -5.57. The van der Waals surface area contributed by atoms with Gasteiger partial charge in [-0.3, -0.25) is 9.55 Å². The molecule has 4 nitrogen and oxygen atoms in total. The maximum absolute atomic E-state index is 12.2. The molecule has 8 aromatic rings. The van der Waals surface area contributed by atoms with Crippen molar-refractivity contribution in [3.63, 3.8) is 0 Å². The summed E-state index contributed by atoms with van der Waals surface area (Å²) in [5, 5.41) is 12.2. The van der Waals surface area contributed by atoms with Crippen molar-refractivity contribution in [2.75, 3.05) is 0 Å². The van der Waals surface area contributed by atoms with E-state index >= 15 is 0 Å². The van der Waals surface area contributed by atoms with Crippen molar-refractivity contribution in [1.29, 1.82) is 0 Å². The van der Waals surface area contributed by atoms with Crippen LogP contribution in [0.5, 0.6) is 5.75 Å². The first-order valence-corrected chi connectivity index (χ1v) is 21.8. The smallest absolute Gasteiger partial charge is 0.148 e. The Morgan fingerprint density at radius 2 is 1.39 bits per heavy atom. The van der Waals surface area contributed by atoms with Crippen LogP contribution >= 0.6 is 0 Å². The third-order valence-electron chi connectivity index (χ3n) is 11.9. The summed E-state index contributed by atoms with van der Waals surface area (Å²) >= 11 is 0. The fourth-order valence-corrected chi connectivity index (χ4v) is 8.40. The van der Waals surface area contributed by atoms with Gasteiger partial charge >= 0.3 is 0 Å². The second kappa shape index (κ2) is 18.0. The van der Waals surface area contributed by atoms with Crippen LogP contribution in [0.15, 0.2) is 134 Å². The number of aryl methyl sites for hydroxylation is 1. The predicted octanol–water partition coefficient (Wildman–Crippen LogP) is 15.3. The molecule has 1 N–H and O–H groups in total. The van der Waals surface area contributed by atoms with E-state index in [4.69, 9.17) is 9.97 Å². The number of hydrogen-bond donors (Lipinski definition) is 1. The summed E-state index contributed by atoms with van der Waals surface area (Å²) in [5.41, 5.74) is 17.7. The van der Waals surface area contributed by atoms with Gasteiger partial charge in [0.15, 0.2) is 0 Å². The molecule has 0 bridgehead atoms. The van der Waals surface area contributed by atoms with Gasteiger partial charge in [-0.2, -0.15) is 0 Å². The molecule has 0 aliphatic heterocycles. The van der Waals surface area contributed by atoms with Gasteiger partial charge in [-0.15, -0.1) is 29.3 Å². The van der Waals surface area contributed by atoms with Crippen LogP contribution < -0.4 is 0 Å². The second-order valence-electron chi connectivity index (χ2n) is 18.8. The molecule has 2 heterocycles. The zero-order chi connectivity index (χ0) is 43.2. The number of pyridine rings is 1. The molecule has 318 valence electrons. The summed E-state index contributed by atoms with van der Waals surface area (Å²) in [6.45, 7) is 22.1. The minimum Gasteiger partial charge on any atom is -0.507 e. The first kappa shape index (κ1) is 44.5. The van der Waals surface area contributed by atoms with Gasteiger partial charge < -0.3 is 5.11 Å². The number of fused-ring (bicyclic) bond motifs is 1. The molecule has 0 atom stereocenters. The number of imidazole rings is 1. The number of aromatic nitrogens is 3. The third-order valence-corrected chi connectivity index (χ3v) is 11.9. The summed E-state index contributed by atoms with van der Waals surface area (Å²) in [5.74, 6) is 1.84. The van der Waals surface area contributed by atoms with E-state index in [2.05, 4.69) is 207 Å². The SMILES string of the molecule is Cc1ccc(-c2ccnc(-c3[c-]c(-c4cccc5c4nc(-c4cc(C(C)C)cc(C(C)C)c4O)n5-c4ccc(-c5ccccc5)c(CC(C)C)c4)cc(C(C)(C)C)c3)c2)cc1.[Pt]. The minimum atomic E-state index is -0.144. The quantitative estimate of drug-likeness (QED) is 0.139. The molecular formula is C57H58N3OPt-. The molecular weight excluding hydrogens is 938 g/mol. The Morgan fingerprint density at radius 3 is 2.06 bits per heavy atom. The van der Waals surface area contributed by atoms with Gasteiger partial charge in [0.1, 0.15) is 11.6 Å². The van der Waals surface area contributed by atoms with Crippen LogP contribution in [-0.2, 0) is 32.9 Å². The topological polar surface area (TPSA) is 50.9 Å². The average molecular weight is 996 g/mol. The van der Waals surface area contributed by atoms with Crippen molar-refractivity contribution in [3.05, 3.63) is 167 Å². The monoisotopic (exact) mass is 995 g/mol. The summed E-state index contributed by atoms with van der Waals surface area (Å²) < 4.78 is 2.27. The first-order valence-electron chi connectivity index (χ1n) is 21.8. The molecule has 0 amide bonds. The molecule has 2 aromatic heterocycles. The van der Waals surface area contributed by atoms with Crippen molar-refractivity contribution in [1.82, 2.24) is 14.5 Å². The fraction of sp³-hybridized carbons (Fsp3) is 0.263. The minimum absolute atomic E-state index is 0. The van der Waals surface area contributed by atoms with E-state index in [0.29, 0.717) is 11.7 Å². The largest absolute Gasteiger partial charge is 0.507 e. The Balaban J connectivity index is 0.00000578. The standard InChI is InChI=1S/C57H58N3O.Pt/c1-35(2)27-43-31-47(23-24-48(43)40-15-12-11-13-16-40)60-53-18-14-17-49(54(53)59-56(60)51-33-42(36(3)4)32-50(37(5)6)55(51)61)44-28-45(30-46(29-44)57(8,9)10)52-34-41(25-26-58-52)39-21-19-38(7)20-22-39;/h11-26,29-37,61H,27H2,1-10H3;/q-1;. The first-order chi connectivity index (χ1) is 29.2. The van der Waals surface area contributed by atoms with Gasteiger partial charge in [0, 0.05) is 38.6 Å². The van der Waals surface area contributed by atoms with Crippen molar-refractivity contribution >= 4 is 11.0 Å². The van der Waals surface area contributed by atoms with Crippen LogP contribution in [0, 0.1) is 18.9 Å². The normalized spacial score (nSPS) is 11.8. The molecule has 0 aliphatic rings. The predicted molar refractivity (Wildman–Crippen MR) is 257 cm³/mol. The number of benzene rings is 6. The molecule has 0 spiro atoms. The van der Waals surface area contributed by atoms with Crippen LogP contribution in [0.25, 0.3) is 72.7 Å². The van der Waals surface area contributed by atoms with E-state index in [1.54, 1.807) is 0 Å². The average Bonchev–Trinajstić information content (AvgIpc) is 3.63. The molecule has 0 radical (unpaired) electrons. The summed E-state index contributed by atoms with van der Waals surface area (Å²) in [4.78, 5) is 10.5. The Morgan fingerprint density at radius 1 is 0.661 bits per heavy atom. The Bertz CT molecular complexity index is 2860. The molecule has 8 rings (SSSR count). The number of aromatic hydroxyl groups is 1. The van der Waals surface area contributed by atoms with Crippen molar-refractivity contribution in [2.24, 2.45) is 5.92 Å². The van der Waals surface area contributed by atoms with E-state index in [0.717, 1.165) is 67.8 Å². The van der Waals surface area contributed by atoms with Gasteiger partial charge in [-0.05, 0) is 106 Å². The summed E-state index contributed by atoms with van der Waals surface area (Å²) in [6.07, 6.45) is 2.82. The molecule has 0 unspecified atom stereocenters. The van der Waals surface area contributed by atoms with Crippen molar-refractivity contribution in [2.45, 2.75) is 92.9 Å². The number of hydrogen-bond acceptors (Lipinski definition) is 3. The van der Waals surface area contributed by atoms with Crippen LogP contribution in [0.3, 0.4) is 0 Å². The van der Waals surface area contributed by atoms with E-state index in [1.165, 1.54) is 33.4 Å². The zero-order valence-electron chi connectivity index (χ0n) is 37.7. The molecule has 0 saturated carbocycles. The van der Waals surface area contributed by atoms with Gasteiger partial charge in [0.25, 0.3) is 0 Å². The molecule has 0 saturated heterocycles. The van der Waals surface area contributed by atoms with Crippen LogP contribution in [0.2, 0.25) is 0 Å². The van der Waals surface area contributed by atoms with E-state index < -0.39 is 0 Å². The number of para-hydroxylation sites is 1. The summed E-state index contributed by atoms with van der Waals surface area (Å²) in [7, 11) is 0. The third kappa shape index (κ3) is 8.99. The van der Waals surface area contributed by atoms with Gasteiger partial charge in [-0.25, -0.2) is 4.98 Å². The van der Waals surface area contributed by atoms with Crippen LogP contribution in [0.1, 0.15) is 102 Å². The van der Waals surface area contributed by atoms with E-state index in [9.17, 15) is 5.11 Å². The molecule has 6 aromatic carbocycles. The Kier molecular flexibility index (Phi) is 12.9. The Labute approximate surface area is 383 Å². The van der Waals surface area contributed by atoms with Gasteiger partial charge in [-0.1, -0.05) is 164 Å². The van der Waals surface area contributed by atoms with Crippen LogP contribution in [0.4, 0.5) is 0 Å². The summed E-state index contributed by atoms with van der Waals surface area (Å²) in [6, 6.07) is 49.5. The molecule has 0 aliphatic carbocycles. The number of phenolic OH excluding ortho intramolecular Hbond substituents is 1. The van der Waals surface area contributed by atoms with Crippen molar-refractivity contribution < 1.29 is 26.2 Å². The maximum atomic E-state index is 12.2. The number of phenols is 1. The fourth-order valence-electron chi connectivity index (χ4n) is 8.40.